The predicted octanol–water partition coefficient (Wildman–Crippen LogP) is 3.72. The van der Waals surface area contributed by atoms with E-state index in [1.54, 1.807) is 0 Å². The zero-order valence-corrected chi connectivity index (χ0v) is 18.9. The maximum absolute atomic E-state index is 12.8. The smallest absolute Gasteiger partial charge is 0.222 e. The van der Waals surface area contributed by atoms with Gasteiger partial charge in [0.2, 0.25) is 11.8 Å². The molecule has 1 aliphatic carbocycles. The van der Waals surface area contributed by atoms with Crippen LogP contribution in [0.4, 0.5) is 5.82 Å². The average molecular weight is 427 g/mol. The van der Waals surface area contributed by atoms with Crippen LogP contribution in [0.3, 0.4) is 0 Å². The van der Waals surface area contributed by atoms with Crippen molar-refractivity contribution in [3.05, 3.63) is 24.4 Å². The van der Waals surface area contributed by atoms with Gasteiger partial charge in [0.05, 0.1) is 0 Å². The molecule has 0 radical (unpaired) electrons. The van der Waals surface area contributed by atoms with E-state index < -0.39 is 0 Å². The van der Waals surface area contributed by atoms with Crippen molar-refractivity contribution < 1.29 is 9.59 Å². The minimum Gasteiger partial charge on any atom is -0.353 e. The highest BCUT2D eigenvalue weighted by Gasteiger charge is 2.27. The number of aromatic nitrogens is 1. The molecule has 170 valence electrons. The lowest BCUT2D eigenvalue weighted by molar-refractivity contribution is -0.133. The van der Waals surface area contributed by atoms with Crippen LogP contribution in [0.2, 0.25) is 0 Å². The summed E-state index contributed by atoms with van der Waals surface area (Å²) in [4.78, 5) is 36.2. The highest BCUT2D eigenvalue weighted by Crippen LogP contribution is 2.29. The lowest BCUT2D eigenvalue weighted by atomic mass is 9.92. The fraction of sp³-hybridized carbons (Fsp3) is 0.720. The number of anilines is 1. The molecule has 1 aromatic rings. The summed E-state index contributed by atoms with van der Waals surface area (Å²) in [6, 6.07) is 5.97. The van der Waals surface area contributed by atoms with Crippen LogP contribution in [0.1, 0.15) is 64.2 Å². The van der Waals surface area contributed by atoms with Gasteiger partial charge < -0.3 is 14.7 Å². The van der Waals surface area contributed by atoms with E-state index in [0.717, 1.165) is 83.1 Å². The van der Waals surface area contributed by atoms with Crippen molar-refractivity contribution in [2.24, 2.45) is 11.8 Å². The molecule has 6 nitrogen and oxygen atoms in total. The van der Waals surface area contributed by atoms with Crippen LogP contribution in [0.15, 0.2) is 24.4 Å². The van der Waals surface area contributed by atoms with Crippen LogP contribution in [0.5, 0.6) is 0 Å². The van der Waals surface area contributed by atoms with Crippen LogP contribution >= 0.6 is 0 Å². The van der Waals surface area contributed by atoms with Crippen molar-refractivity contribution in [2.75, 3.05) is 44.2 Å². The van der Waals surface area contributed by atoms with E-state index in [0.29, 0.717) is 18.2 Å². The van der Waals surface area contributed by atoms with Gasteiger partial charge in [0.25, 0.3) is 0 Å². The van der Waals surface area contributed by atoms with E-state index in [4.69, 9.17) is 0 Å². The molecule has 1 unspecified atom stereocenters. The van der Waals surface area contributed by atoms with Gasteiger partial charge in [0.15, 0.2) is 0 Å². The summed E-state index contributed by atoms with van der Waals surface area (Å²) in [6.45, 7) is 4.98. The Kier molecular flexibility index (Phi) is 7.81. The van der Waals surface area contributed by atoms with Crippen LogP contribution < -0.4 is 4.90 Å². The molecule has 4 rings (SSSR count). The van der Waals surface area contributed by atoms with Crippen molar-refractivity contribution in [2.45, 2.75) is 64.2 Å². The Balaban J connectivity index is 1.16. The Labute approximate surface area is 187 Å². The van der Waals surface area contributed by atoms with Crippen molar-refractivity contribution in [1.29, 1.82) is 0 Å². The summed E-state index contributed by atoms with van der Waals surface area (Å²) >= 11 is 0. The highest BCUT2D eigenvalue weighted by atomic mass is 16.2. The molecule has 0 aromatic carbocycles. The van der Waals surface area contributed by atoms with Gasteiger partial charge in [-0.3, -0.25) is 9.59 Å². The molecule has 2 aliphatic heterocycles. The second-order valence-electron chi connectivity index (χ2n) is 9.63. The summed E-state index contributed by atoms with van der Waals surface area (Å²) in [7, 11) is 0. The summed E-state index contributed by atoms with van der Waals surface area (Å²) in [5.41, 5.74) is 0. The fourth-order valence-corrected chi connectivity index (χ4v) is 5.52. The van der Waals surface area contributed by atoms with E-state index in [2.05, 4.69) is 14.8 Å². The number of hydrogen-bond acceptors (Lipinski definition) is 4. The molecular weight excluding hydrogens is 388 g/mol. The first-order valence-electron chi connectivity index (χ1n) is 12.4. The number of carbonyl (C=O) groups excluding carboxylic acids is 2. The second-order valence-corrected chi connectivity index (χ2v) is 9.63. The molecule has 31 heavy (non-hydrogen) atoms. The maximum atomic E-state index is 12.8. The minimum absolute atomic E-state index is 0.269. The zero-order chi connectivity index (χ0) is 21.5. The number of carbonyl (C=O) groups is 2. The molecule has 3 heterocycles. The number of pyridine rings is 1. The van der Waals surface area contributed by atoms with E-state index in [9.17, 15) is 9.59 Å². The Morgan fingerprint density at radius 3 is 2.19 bits per heavy atom. The molecule has 2 saturated heterocycles. The van der Waals surface area contributed by atoms with Gasteiger partial charge in [-0.2, -0.15) is 0 Å². The van der Waals surface area contributed by atoms with Crippen molar-refractivity contribution in [3.8, 4) is 0 Å². The Hall–Kier alpha value is -2.11. The van der Waals surface area contributed by atoms with E-state index in [1.165, 1.54) is 25.7 Å². The molecule has 0 spiro atoms. The van der Waals surface area contributed by atoms with Crippen molar-refractivity contribution in [3.63, 3.8) is 0 Å². The van der Waals surface area contributed by atoms with Gasteiger partial charge in [-0.15, -0.1) is 0 Å². The molecule has 3 aliphatic rings. The predicted molar refractivity (Wildman–Crippen MR) is 123 cm³/mol. The van der Waals surface area contributed by atoms with E-state index in [1.807, 2.05) is 29.3 Å². The minimum atomic E-state index is 0.269. The Morgan fingerprint density at radius 2 is 1.48 bits per heavy atom. The van der Waals surface area contributed by atoms with Crippen LogP contribution in [-0.2, 0) is 9.59 Å². The molecule has 2 amide bonds. The summed E-state index contributed by atoms with van der Waals surface area (Å²) in [5.74, 6) is 2.86. The number of amides is 2. The topological polar surface area (TPSA) is 56.8 Å². The van der Waals surface area contributed by atoms with Crippen molar-refractivity contribution >= 4 is 17.6 Å². The largest absolute Gasteiger partial charge is 0.353 e. The average Bonchev–Trinajstić information content (AvgIpc) is 3.35. The van der Waals surface area contributed by atoms with Crippen LogP contribution in [-0.4, -0.2) is 65.9 Å². The molecule has 1 saturated carbocycles. The number of rotatable bonds is 7. The lowest BCUT2D eigenvalue weighted by Crippen LogP contribution is -2.49. The van der Waals surface area contributed by atoms with Crippen LogP contribution in [0, 0.1) is 11.8 Å². The third-order valence-electron chi connectivity index (χ3n) is 7.48. The standard InChI is InChI=1S/C25H38N4O2/c30-24(28-18-16-27(17-19-28)23-9-3-4-14-26-23)13-11-22-8-5-15-29(20-22)25(31)12-10-21-6-1-2-7-21/h3-4,9,14,21-22H,1-2,5-8,10-13,15-20H2. The third-order valence-corrected chi connectivity index (χ3v) is 7.48. The van der Waals surface area contributed by atoms with Gasteiger partial charge in [-0.1, -0.05) is 31.7 Å². The van der Waals surface area contributed by atoms with Gasteiger partial charge in [-0.25, -0.2) is 4.98 Å². The molecule has 3 fully saturated rings. The number of hydrogen-bond donors (Lipinski definition) is 0. The first-order chi connectivity index (χ1) is 15.2. The molecule has 0 bridgehead atoms. The van der Waals surface area contributed by atoms with E-state index in [-0.39, 0.29) is 5.91 Å². The first kappa shape index (κ1) is 22.1. The van der Waals surface area contributed by atoms with Gasteiger partial charge in [-0.05, 0) is 49.7 Å². The zero-order valence-electron chi connectivity index (χ0n) is 18.9. The summed E-state index contributed by atoms with van der Waals surface area (Å²) in [6.07, 6.45) is 12.7. The highest BCUT2D eigenvalue weighted by molar-refractivity contribution is 5.77. The molecule has 0 N–H and O–H groups in total. The summed E-state index contributed by atoms with van der Waals surface area (Å²) in [5, 5.41) is 0. The molecule has 1 aromatic heterocycles. The van der Waals surface area contributed by atoms with Gasteiger partial charge >= 0.3 is 0 Å². The number of piperazine rings is 1. The molecule has 1 atom stereocenters. The van der Waals surface area contributed by atoms with Crippen molar-refractivity contribution in [1.82, 2.24) is 14.8 Å². The Bertz CT molecular complexity index is 711. The van der Waals surface area contributed by atoms with Gasteiger partial charge in [0, 0.05) is 58.3 Å². The van der Waals surface area contributed by atoms with Gasteiger partial charge in [0.1, 0.15) is 5.82 Å². The first-order valence-corrected chi connectivity index (χ1v) is 12.4. The number of nitrogens with zero attached hydrogens (tertiary/aromatic N) is 4. The fourth-order valence-electron chi connectivity index (χ4n) is 5.52. The Morgan fingerprint density at radius 1 is 0.806 bits per heavy atom. The second kappa shape index (κ2) is 11.0. The van der Waals surface area contributed by atoms with E-state index >= 15 is 0 Å². The lowest BCUT2D eigenvalue weighted by Gasteiger charge is -2.36. The molecule has 6 heteroatoms. The SMILES string of the molecule is O=C(CCC1CCCN(C(=O)CCC2CCCC2)C1)N1CCN(c2ccccn2)CC1. The number of piperidine rings is 1. The monoisotopic (exact) mass is 426 g/mol. The third kappa shape index (κ3) is 6.20. The molecular formula is C25H38N4O2. The summed E-state index contributed by atoms with van der Waals surface area (Å²) < 4.78 is 0. The maximum Gasteiger partial charge on any atom is 0.222 e. The number of likely N-dealkylation sites (tertiary alicyclic amines) is 1. The van der Waals surface area contributed by atoms with Crippen LogP contribution in [0.25, 0.3) is 0 Å². The normalized spacial score (nSPS) is 22.7. The quantitative estimate of drug-likeness (QED) is 0.667.